The Kier molecular flexibility index (Phi) is 8.43. The molecule has 184 valence electrons. The van der Waals surface area contributed by atoms with Crippen LogP contribution in [0.1, 0.15) is 31.0 Å². The number of aromatic nitrogens is 2. The molecule has 1 fully saturated rings. The molecular formula is C28H33N3O4. The van der Waals surface area contributed by atoms with E-state index in [0.29, 0.717) is 30.8 Å². The van der Waals surface area contributed by atoms with E-state index in [1.807, 2.05) is 59.3 Å². The molecule has 1 saturated carbocycles. The van der Waals surface area contributed by atoms with Gasteiger partial charge in [0.1, 0.15) is 18.1 Å². The molecule has 4 rings (SSSR count). The first-order valence-electron chi connectivity index (χ1n) is 12.0. The average molecular weight is 476 g/mol. The fourth-order valence-electron chi connectivity index (χ4n) is 4.11. The maximum Gasteiger partial charge on any atom is 0.227 e. The lowest BCUT2D eigenvalue weighted by molar-refractivity contribution is 0.0240. The highest BCUT2D eigenvalue weighted by Crippen LogP contribution is 2.36. The quantitative estimate of drug-likeness (QED) is 0.295. The molecule has 3 aromatic rings. The van der Waals surface area contributed by atoms with E-state index >= 15 is 0 Å². The second-order valence-corrected chi connectivity index (χ2v) is 8.65. The van der Waals surface area contributed by atoms with Crippen LogP contribution in [0.2, 0.25) is 0 Å². The molecule has 35 heavy (non-hydrogen) atoms. The maximum absolute atomic E-state index is 10.6. The molecule has 1 atom stereocenters. The average Bonchev–Trinajstić information content (AvgIpc) is 3.68. The summed E-state index contributed by atoms with van der Waals surface area (Å²) in [5, 5.41) is 15.5. The number of ether oxygens (including phenoxy) is 3. The number of para-hydroxylation sites is 1. The molecule has 1 aliphatic rings. The van der Waals surface area contributed by atoms with Crippen LogP contribution >= 0.6 is 0 Å². The largest absolute Gasteiger partial charge is 0.497 e. The molecule has 0 saturated heterocycles. The van der Waals surface area contributed by atoms with Crippen LogP contribution in [0.4, 0.5) is 0 Å². The Morgan fingerprint density at radius 2 is 1.94 bits per heavy atom. The van der Waals surface area contributed by atoms with Crippen molar-refractivity contribution in [2.45, 2.75) is 44.9 Å². The first kappa shape index (κ1) is 24.8. The van der Waals surface area contributed by atoms with Crippen LogP contribution in [-0.4, -0.2) is 58.8 Å². The van der Waals surface area contributed by atoms with Crippen molar-refractivity contribution in [1.29, 1.82) is 0 Å². The zero-order chi connectivity index (χ0) is 24.6. The molecule has 0 radical (unpaired) electrons. The number of aryl methyl sites for hydroxylation is 1. The number of hydrogen-bond donors (Lipinski definition) is 1. The zero-order valence-corrected chi connectivity index (χ0v) is 20.4. The number of aliphatic hydroxyl groups excluding tert-OH is 1. The van der Waals surface area contributed by atoms with Crippen molar-refractivity contribution in [3.8, 4) is 35.4 Å². The summed E-state index contributed by atoms with van der Waals surface area (Å²) in [6.07, 6.45) is 7.61. The van der Waals surface area contributed by atoms with Crippen molar-refractivity contribution in [2.24, 2.45) is 0 Å². The van der Waals surface area contributed by atoms with Gasteiger partial charge in [0.2, 0.25) is 5.88 Å². The monoisotopic (exact) mass is 475 g/mol. The zero-order valence-electron chi connectivity index (χ0n) is 20.4. The van der Waals surface area contributed by atoms with Crippen molar-refractivity contribution >= 4 is 0 Å². The van der Waals surface area contributed by atoms with E-state index in [1.165, 1.54) is 0 Å². The van der Waals surface area contributed by atoms with Gasteiger partial charge < -0.3 is 19.3 Å². The summed E-state index contributed by atoms with van der Waals surface area (Å²) < 4.78 is 19.1. The van der Waals surface area contributed by atoms with Crippen LogP contribution in [-0.2, 0) is 17.7 Å². The summed E-state index contributed by atoms with van der Waals surface area (Å²) >= 11 is 0. The summed E-state index contributed by atoms with van der Waals surface area (Å²) in [4.78, 5) is 2.30. The smallest absolute Gasteiger partial charge is 0.227 e. The second-order valence-electron chi connectivity index (χ2n) is 8.65. The molecule has 0 bridgehead atoms. The van der Waals surface area contributed by atoms with Gasteiger partial charge in [-0.1, -0.05) is 37.1 Å². The van der Waals surface area contributed by atoms with Crippen LogP contribution in [0.3, 0.4) is 0 Å². The minimum absolute atomic E-state index is 0.197. The van der Waals surface area contributed by atoms with Crippen LogP contribution in [0.5, 0.6) is 17.4 Å². The van der Waals surface area contributed by atoms with Crippen molar-refractivity contribution in [1.82, 2.24) is 14.7 Å². The first-order valence-corrected chi connectivity index (χ1v) is 12.0. The van der Waals surface area contributed by atoms with Gasteiger partial charge in [-0.3, -0.25) is 4.90 Å². The van der Waals surface area contributed by atoms with Gasteiger partial charge in [0.25, 0.3) is 0 Å². The molecule has 2 aromatic carbocycles. The Morgan fingerprint density at radius 3 is 2.63 bits per heavy atom. The van der Waals surface area contributed by atoms with Gasteiger partial charge in [-0.25, -0.2) is 4.68 Å². The highest BCUT2D eigenvalue weighted by molar-refractivity contribution is 5.44. The van der Waals surface area contributed by atoms with Gasteiger partial charge in [0.05, 0.1) is 36.8 Å². The lowest BCUT2D eigenvalue weighted by atomic mass is 10.1. The van der Waals surface area contributed by atoms with E-state index in [9.17, 15) is 5.11 Å². The number of rotatable bonds is 13. The molecule has 7 nitrogen and oxygen atoms in total. The van der Waals surface area contributed by atoms with Gasteiger partial charge in [0, 0.05) is 25.2 Å². The molecule has 1 N–H and O–H groups in total. The Bertz CT molecular complexity index is 1130. The minimum atomic E-state index is -0.624. The normalized spacial score (nSPS) is 14.0. The van der Waals surface area contributed by atoms with E-state index in [4.69, 9.17) is 25.7 Å². The Labute approximate surface area is 207 Å². The Balaban J connectivity index is 1.67. The number of methoxy groups -OCH3 is 1. The third-order valence-electron chi connectivity index (χ3n) is 5.98. The van der Waals surface area contributed by atoms with Gasteiger partial charge in [-0.2, -0.15) is 5.10 Å². The summed E-state index contributed by atoms with van der Waals surface area (Å²) in [6.45, 7) is 3.62. The van der Waals surface area contributed by atoms with Crippen molar-refractivity contribution in [3.05, 3.63) is 65.9 Å². The van der Waals surface area contributed by atoms with Gasteiger partial charge in [-0.15, -0.1) is 6.42 Å². The minimum Gasteiger partial charge on any atom is -0.497 e. The van der Waals surface area contributed by atoms with Gasteiger partial charge in [-0.05, 0) is 43.5 Å². The fourth-order valence-corrected chi connectivity index (χ4v) is 4.11. The summed E-state index contributed by atoms with van der Waals surface area (Å²) in [7, 11) is 1.64. The number of nitrogens with zero attached hydrogens (tertiary/aromatic N) is 3. The third kappa shape index (κ3) is 6.43. The maximum atomic E-state index is 10.6. The fraction of sp³-hybridized carbons (Fsp3) is 0.393. The van der Waals surface area contributed by atoms with Crippen molar-refractivity contribution in [2.75, 3.05) is 26.9 Å². The molecule has 0 amide bonds. The number of terminal acetylenes is 1. The van der Waals surface area contributed by atoms with Gasteiger partial charge >= 0.3 is 0 Å². The molecular weight excluding hydrogens is 442 g/mol. The first-order chi connectivity index (χ1) is 17.1. The molecule has 1 aromatic heterocycles. The third-order valence-corrected chi connectivity index (χ3v) is 5.98. The van der Waals surface area contributed by atoms with E-state index < -0.39 is 6.10 Å². The number of benzene rings is 2. The Hall–Kier alpha value is -3.31. The SMILES string of the molecule is C#CCOC[C@@H](O)CN(Cc1c(CC)nn(-c2ccccc2)c1Oc1cccc(OC)c1)C1CC1. The van der Waals surface area contributed by atoms with Crippen LogP contribution in [0.15, 0.2) is 54.6 Å². The molecule has 0 unspecified atom stereocenters. The van der Waals surface area contributed by atoms with E-state index in [-0.39, 0.29) is 13.2 Å². The molecule has 0 spiro atoms. The summed E-state index contributed by atoms with van der Waals surface area (Å²) in [6, 6.07) is 18.0. The van der Waals surface area contributed by atoms with Crippen molar-refractivity contribution < 1.29 is 19.3 Å². The van der Waals surface area contributed by atoms with E-state index in [1.54, 1.807) is 7.11 Å². The van der Waals surface area contributed by atoms with E-state index in [2.05, 4.69) is 17.7 Å². The highest BCUT2D eigenvalue weighted by Gasteiger charge is 2.33. The van der Waals surface area contributed by atoms with Crippen LogP contribution < -0.4 is 9.47 Å². The lowest BCUT2D eigenvalue weighted by Crippen LogP contribution is -2.36. The lowest BCUT2D eigenvalue weighted by Gasteiger charge is -2.25. The molecule has 1 aliphatic carbocycles. The summed E-state index contributed by atoms with van der Waals surface area (Å²) in [5.74, 6) is 4.51. The standard InChI is InChI=1S/C28H33N3O4/c1-4-16-34-20-23(32)18-30(21-14-15-21)19-26-27(5-2)29-31(22-10-7-6-8-11-22)28(26)35-25-13-9-12-24(17-25)33-3/h1,6-13,17,21,23,32H,5,14-16,18-20H2,2-3H3/t23-/m0/s1. The van der Waals surface area contributed by atoms with Crippen LogP contribution in [0, 0.1) is 12.3 Å². The van der Waals surface area contributed by atoms with Crippen molar-refractivity contribution in [3.63, 3.8) is 0 Å². The predicted molar refractivity (Wildman–Crippen MR) is 135 cm³/mol. The molecule has 7 heteroatoms. The van der Waals surface area contributed by atoms with E-state index in [0.717, 1.165) is 42.0 Å². The van der Waals surface area contributed by atoms with Crippen LogP contribution in [0.25, 0.3) is 5.69 Å². The number of hydrogen-bond acceptors (Lipinski definition) is 6. The predicted octanol–water partition coefficient (Wildman–Crippen LogP) is 4.21. The summed E-state index contributed by atoms with van der Waals surface area (Å²) in [5.41, 5.74) is 2.91. The second kappa shape index (κ2) is 11.9. The highest BCUT2D eigenvalue weighted by atomic mass is 16.5. The number of aliphatic hydroxyl groups is 1. The topological polar surface area (TPSA) is 69.0 Å². The molecule has 1 heterocycles. The van der Waals surface area contributed by atoms with Gasteiger partial charge in [0.15, 0.2) is 0 Å². The molecule has 0 aliphatic heterocycles. The Morgan fingerprint density at radius 1 is 1.17 bits per heavy atom.